The van der Waals surface area contributed by atoms with Gasteiger partial charge in [-0.25, -0.2) is 8.42 Å². The van der Waals surface area contributed by atoms with Crippen LogP contribution in [0.15, 0.2) is 18.2 Å². The van der Waals surface area contributed by atoms with Crippen molar-refractivity contribution in [1.82, 2.24) is 0 Å². The molecular formula is C15H21NO3S. The predicted molar refractivity (Wildman–Crippen MR) is 82.1 cm³/mol. The molecule has 0 bridgehead atoms. The summed E-state index contributed by atoms with van der Waals surface area (Å²) in [5.41, 5.74) is 2.22. The molecule has 0 atom stereocenters. The Bertz CT molecular complexity index is 597. The van der Waals surface area contributed by atoms with Crippen LogP contribution in [0.2, 0.25) is 0 Å². The highest BCUT2D eigenvalue weighted by atomic mass is 32.2. The van der Waals surface area contributed by atoms with Gasteiger partial charge in [-0.3, -0.25) is 4.72 Å². The lowest BCUT2D eigenvalue weighted by Crippen LogP contribution is -2.16. The molecule has 0 aliphatic rings. The molecule has 1 aromatic rings. The Labute approximate surface area is 121 Å². The van der Waals surface area contributed by atoms with Crippen molar-refractivity contribution >= 4 is 15.7 Å². The van der Waals surface area contributed by atoms with Crippen molar-refractivity contribution in [2.24, 2.45) is 0 Å². The number of hydrogen-bond acceptors (Lipinski definition) is 3. The van der Waals surface area contributed by atoms with Gasteiger partial charge in [0.25, 0.3) is 0 Å². The summed E-state index contributed by atoms with van der Waals surface area (Å²) >= 11 is 0. The molecule has 0 saturated carbocycles. The fourth-order valence-electron chi connectivity index (χ4n) is 1.70. The predicted octanol–water partition coefficient (Wildman–Crippen LogP) is 2.27. The van der Waals surface area contributed by atoms with Crippen molar-refractivity contribution in [2.45, 2.75) is 33.1 Å². The van der Waals surface area contributed by atoms with Crippen LogP contribution in [0, 0.1) is 18.8 Å². The van der Waals surface area contributed by atoms with Gasteiger partial charge in [0.15, 0.2) is 0 Å². The molecule has 4 nitrogen and oxygen atoms in total. The van der Waals surface area contributed by atoms with E-state index in [1.54, 1.807) is 12.1 Å². The summed E-state index contributed by atoms with van der Waals surface area (Å²) < 4.78 is 26.3. The summed E-state index contributed by atoms with van der Waals surface area (Å²) in [5, 5.41) is 8.69. The lowest BCUT2D eigenvalue weighted by molar-refractivity contribution is 0.305. The Kier molecular flexibility index (Phi) is 6.56. The molecule has 5 heteroatoms. The summed E-state index contributed by atoms with van der Waals surface area (Å²) in [4.78, 5) is 0. The molecule has 20 heavy (non-hydrogen) atoms. The van der Waals surface area contributed by atoms with Crippen molar-refractivity contribution in [3.63, 3.8) is 0 Å². The van der Waals surface area contributed by atoms with Crippen molar-refractivity contribution in [3.05, 3.63) is 29.3 Å². The Morgan fingerprint density at radius 2 is 2.05 bits per heavy atom. The average Bonchev–Trinajstić information content (AvgIpc) is 2.35. The lowest BCUT2D eigenvalue weighted by atomic mass is 10.1. The van der Waals surface area contributed by atoms with Crippen LogP contribution >= 0.6 is 0 Å². The monoisotopic (exact) mass is 295 g/mol. The van der Waals surface area contributed by atoms with Gasteiger partial charge >= 0.3 is 0 Å². The van der Waals surface area contributed by atoms with Crippen LogP contribution in [0.25, 0.3) is 0 Å². The molecule has 0 aromatic heterocycles. The number of anilines is 1. The van der Waals surface area contributed by atoms with Gasteiger partial charge in [0, 0.05) is 17.7 Å². The van der Waals surface area contributed by atoms with Crippen molar-refractivity contribution in [3.8, 4) is 11.8 Å². The van der Waals surface area contributed by atoms with E-state index < -0.39 is 10.0 Å². The minimum Gasteiger partial charge on any atom is -0.395 e. The minimum atomic E-state index is -3.29. The van der Waals surface area contributed by atoms with Gasteiger partial charge in [0.05, 0.1) is 12.4 Å². The summed E-state index contributed by atoms with van der Waals surface area (Å²) in [6.07, 6.45) is 1.89. The fourth-order valence-corrected chi connectivity index (χ4v) is 2.95. The maximum absolute atomic E-state index is 11.9. The fraction of sp³-hybridized carbons (Fsp3) is 0.467. The van der Waals surface area contributed by atoms with E-state index in [0.29, 0.717) is 18.5 Å². The molecule has 0 saturated heterocycles. The zero-order valence-corrected chi connectivity index (χ0v) is 12.8. The SMILES string of the molecule is CCCCS(=O)(=O)Nc1cc(C)cc(C#CCCO)c1. The maximum atomic E-state index is 11.9. The molecule has 110 valence electrons. The van der Waals surface area contributed by atoms with Gasteiger partial charge in [-0.15, -0.1) is 0 Å². The third-order valence-corrected chi connectivity index (χ3v) is 3.96. The van der Waals surface area contributed by atoms with E-state index in [4.69, 9.17) is 5.11 Å². The number of benzene rings is 1. The molecule has 0 fully saturated rings. The van der Waals surface area contributed by atoms with Crippen LogP contribution < -0.4 is 4.72 Å². The highest BCUT2D eigenvalue weighted by Gasteiger charge is 2.10. The van der Waals surface area contributed by atoms with E-state index in [9.17, 15) is 8.42 Å². The van der Waals surface area contributed by atoms with Crippen molar-refractivity contribution in [1.29, 1.82) is 0 Å². The third kappa shape index (κ3) is 6.09. The molecule has 0 radical (unpaired) electrons. The lowest BCUT2D eigenvalue weighted by Gasteiger charge is -2.09. The summed E-state index contributed by atoms with van der Waals surface area (Å²) in [6.45, 7) is 3.87. The standard InChI is InChI=1S/C15H21NO3S/c1-3-4-9-20(18,19)16-15-11-13(2)10-14(12-15)7-5-6-8-17/h10-12,16-17H,3-4,6,8-9H2,1-2H3. The summed E-state index contributed by atoms with van der Waals surface area (Å²) in [6, 6.07) is 5.37. The second-order valence-electron chi connectivity index (χ2n) is 4.64. The smallest absolute Gasteiger partial charge is 0.232 e. The van der Waals surface area contributed by atoms with Crippen molar-refractivity contribution in [2.75, 3.05) is 17.1 Å². The average molecular weight is 295 g/mol. The quantitative estimate of drug-likeness (QED) is 0.791. The Hall–Kier alpha value is -1.51. The highest BCUT2D eigenvalue weighted by Crippen LogP contribution is 2.16. The number of sulfonamides is 1. The van der Waals surface area contributed by atoms with E-state index >= 15 is 0 Å². The topological polar surface area (TPSA) is 66.4 Å². The second-order valence-corrected chi connectivity index (χ2v) is 6.48. The van der Waals surface area contributed by atoms with Gasteiger partial charge in [-0.05, 0) is 37.1 Å². The van der Waals surface area contributed by atoms with Crippen molar-refractivity contribution < 1.29 is 13.5 Å². The van der Waals surface area contributed by atoms with Gasteiger partial charge in [-0.1, -0.05) is 25.2 Å². The number of rotatable bonds is 6. The molecule has 0 amide bonds. The first kappa shape index (κ1) is 16.5. The molecule has 0 heterocycles. The molecule has 0 unspecified atom stereocenters. The first-order valence-corrected chi connectivity index (χ1v) is 8.34. The van der Waals surface area contributed by atoms with Crippen LogP contribution in [-0.4, -0.2) is 25.9 Å². The Morgan fingerprint density at radius 3 is 2.70 bits per heavy atom. The molecule has 1 aromatic carbocycles. The first-order valence-electron chi connectivity index (χ1n) is 6.69. The largest absolute Gasteiger partial charge is 0.395 e. The molecule has 0 aliphatic carbocycles. The first-order chi connectivity index (χ1) is 9.46. The van der Waals surface area contributed by atoms with Crippen LogP contribution in [0.5, 0.6) is 0 Å². The Morgan fingerprint density at radius 1 is 1.30 bits per heavy atom. The summed E-state index contributed by atoms with van der Waals surface area (Å²) in [5.74, 6) is 5.86. The van der Waals surface area contributed by atoms with Gasteiger partial charge in [-0.2, -0.15) is 0 Å². The second kappa shape index (κ2) is 7.93. The van der Waals surface area contributed by atoms with Crippen LogP contribution in [0.3, 0.4) is 0 Å². The number of aliphatic hydroxyl groups is 1. The molecule has 1 rings (SSSR count). The molecule has 0 aliphatic heterocycles. The zero-order chi connectivity index (χ0) is 15.0. The molecule has 0 spiro atoms. The van der Waals surface area contributed by atoms with E-state index in [1.807, 2.05) is 19.9 Å². The minimum absolute atomic E-state index is 0.0231. The maximum Gasteiger partial charge on any atom is 0.232 e. The van der Waals surface area contributed by atoms with E-state index in [2.05, 4.69) is 16.6 Å². The number of unbranched alkanes of at least 4 members (excludes halogenated alkanes) is 1. The van der Waals surface area contributed by atoms with Crippen LogP contribution in [0.1, 0.15) is 37.3 Å². The van der Waals surface area contributed by atoms with E-state index in [-0.39, 0.29) is 12.4 Å². The van der Waals surface area contributed by atoms with Gasteiger partial charge in [0.1, 0.15) is 0 Å². The summed E-state index contributed by atoms with van der Waals surface area (Å²) in [7, 11) is -3.29. The Balaban J connectivity index is 2.89. The number of hydrogen-bond donors (Lipinski definition) is 2. The molecular weight excluding hydrogens is 274 g/mol. The normalized spacial score (nSPS) is 10.8. The highest BCUT2D eigenvalue weighted by molar-refractivity contribution is 7.92. The van der Waals surface area contributed by atoms with Crippen LogP contribution in [-0.2, 0) is 10.0 Å². The van der Waals surface area contributed by atoms with Crippen LogP contribution in [0.4, 0.5) is 5.69 Å². The van der Waals surface area contributed by atoms with Gasteiger partial charge in [0.2, 0.25) is 10.0 Å². The van der Waals surface area contributed by atoms with Gasteiger partial charge < -0.3 is 5.11 Å². The number of aryl methyl sites for hydroxylation is 1. The number of aliphatic hydroxyl groups excluding tert-OH is 1. The zero-order valence-electron chi connectivity index (χ0n) is 11.9. The number of nitrogens with one attached hydrogen (secondary N) is 1. The third-order valence-electron chi connectivity index (χ3n) is 2.59. The van der Waals surface area contributed by atoms with E-state index in [1.165, 1.54) is 0 Å². The molecule has 2 N–H and O–H groups in total. The van der Waals surface area contributed by atoms with E-state index in [0.717, 1.165) is 17.5 Å².